The predicted molar refractivity (Wildman–Crippen MR) is 87.1 cm³/mol. The lowest BCUT2D eigenvalue weighted by atomic mass is 9.98. The number of aromatic amines is 1. The minimum Gasteiger partial charge on any atom is -0.344 e. The Morgan fingerprint density at radius 1 is 1.27 bits per heavy atom. The molecule has 0 atom stereocenters. The van der Waals surface area contributed by atoms with Crippen LogP contribution in [-0.2, 0) is 0 Å². The van der Waals surface area contributed by atoms with Gasteiger partial charge in [0.25, 0.3) is 5.91 Å². The quantitative estimate of drug-likeness (QED) is 0.793. The minimum atomic E-state index is -0.0954. The second kappa shape index (κ2) is 6.08. The van der Waals surface area contributed by atoms with E-state index in [4.69, 9.17) is 0 Å². The van der Waals surface area contributed by atoms with Gasteiger partial charge in [-0.2, -0.15) is 5.10 Å². The summed E-state index contributed by atoms with van der Waals surface area (Å²) in [6, 6.07) is 7.72. The second-order valence-electron chi connectivity index (χ2n) is 6.85. The van der Waals surface area contributed by atoms with Crippen molar-refractivity contribution in [3.8, 4) is 0 Å². The molecule has 22 heavy (non-hydrogen) atoms. The minimum absolute atomic E-state index is 0.0577. The predicted octanol–water partition coefficient (Wildman–Crippen LogP) is 1.14. The van der Waals surface area contributed by atoms with Crippen LogP contribution in [0.5, 0.6) is 0 Å². The summed E-state index contributed by atoms with van der Waals surface area (Å²) < 4.78 is 0. The van der Waals surface area contributed by atoms with Crippen LogP contribution in [0.15, 0.2) is 24.3 Å². The lowest BCUT2D eigenvalue weighted by molar-refractivity contribution is -0.951. The maximum atomic E-state index is 12.4. The number of benzene rings is 1. The number of carbonyl (C=O) groups is 1. The Bertz CT molecular complexity index is 655. The van der Waals surface area contributed by atoms with Crippen LogP contribution in [0.2, 0.25) is 0 Å². The van der Waals surface area contributed by atoms with Gasteiger partial charge in [0.1, 0.15) is 5.54 Å². The van der Waals surface area contributed by atoms with Gasteiger partial charge >= 0.3 is 0 Å². The number of fused-ring (bicyclic) bond motifs is 1. The van der Waals surface area contributed by atoms with Crippen molar-refractivity contribution in [2.24, 2.45) is 0 Å². The molecule has 0 aliphatic carbocycles. The van der Waals surface area contributed by atoms with Crippen molar-refractivity contribution in [2.45, 2.75) is 38.6 Å². The van der Waals surface area contributed by atoms with E-state index in [1.807, 2.05) is 24.3 Å². The van der Waals surface area contributed by atoms with Crippen molar-refractivity contribution < 1.29 is 9.69 Å². The Kier molecular flexibility index (Phi) is 4.16. The molecule has 3 rings (SSSR count). The first-order valence-corrected chi connectivity index (χ1v) is 8.14. The molecule has 1 amide bonds. The number of quaternary nitrogens is 1. The van der Waals surface area contributed by atoms with Crippen LogP contribution in [-0.4, -0.2) is 41.3 Å². The molecule has 2 heterocycles. The number of nitrogens with zero attached hydrogens (tertiary/aromatic N) is 1. The largest absolute Gasteiger partial charge is 0.344 e. The number of carbonyl (C=O) groups excluding carboxylic acids is 1. The third-order valence-corrected chi connectivity index (χ3v) is 4.79. The average molecular weight is 301 g/mol. The van der Waals surface area contributed by atoms with Crippen LogP contribution in [0, 0.1) is 0 Å². The number of amides is 1. The molecule has 1 aromatic heterocycles. The number of para-hydroxylation sites is 1. The molecule has 0 unspecified atom stereocenters. The first-order chi connectivity index (χ1) is 10.6. The van der Waals surface area contributed by atoms with Gasteiger partial charge in [0.15, 0.2) is 5.69 Å². The molecule has 3 N–H and O–H groups in total. The van der Waals surface area contributed by atoms with E-state index in [0.29, 0.717) is 12.2 Å². The van der Waals surface area contributed by atoms with Gasteiger partial charge < -0.3 is 10.2 Å². The van der Waals surface area contributed by atoms with E-state index >= 15 is 0 Å². The highest BCUT2D eigenvalue weighted by Crippen LogP contribution is 2.14. The van der Waals surface area contributed by atoms with Crippen molar-refractivity contribution in [1.29, 1.82) is 0 Å². The first kappa shape index (κ1) is 15.0. The van der Waals surface area contributed by atoms with E-state index in [-0.39, 0.29) is 11.4 Å². The molecule has 0 radical (unpaired) electrons. The fourth-order valence-corrected chi connectivity index (χ4v) is 3.30. The molecule has 0 saturated carbocycles. The van der Waals surface area contributed by atoms with Crippen LogP contribution < -0.4 is 10.2 Å². The Morgan fingerprint density at radius 3 is 2.77 bits per heavy atom. The molecule has 0 spiro atoms. The zero-order valence-corrected chi connectivity index (χ0v) is 13.4. The summed E-state index contributed by atoms with van der Waals surface area (Å²) in [6.07, 6.45) is 3.92. The standard InChI is InChI=1S/C17H24N4O/c1-17(2,21-10-6-3-7-11-21)12-18-16(22)15-13-8-4-5-9-14(13)19-20-15/h4-5,8-9H,3,6-7,10-12H2,1-2H3,(H,18,22)(H,19,20)/p+1. The Morgan fingerprint density at radius 2 is 2.00 bits per heavy atom. The van der Waals surface area contributed by atoms with E-state index in [1.165, 1.54) is 32.4 Å². The molecule has 1 saturated heterocycles. The van der Waals surface area contributed by atoms with Crippen molar-refractivity contribution in [3.63, 3.8) is 0 Å². The summed E-state index contributed by atoms with van der Waals surface area (Å²) in [6.45, 7) is 7.54. The maximum absolute atomic E-state index is 12.4. The summed E-state index contributed by atoms with van der Waals surface area (Å²) in [5.41, 5.74) is 1.44. The number of hydrogen-bond acceptors (Lipinski definition) is 2. The SMILES string of the molecule is CC(C)(CNC(=O)c1n[nH]c2ccccc12)[NH+]1CCCCC1. The molecular weight excluding hydrogens is 276 g/mol. The monoisotopic (exact) mass is 301 g/mol. The molecule has 0 bridgehead atoms. The third-order valence-electron chi connectivity index (χ3n) is 4.79. The highest BCUT2D eigenvalue weighted by atomic mass is 16.1. The van der Waals surface area contributed by atoms with Crippen LogP contribution >= 0.6 is 0 Å². The summed E-state index contributed by atoms with van der Waals surface area (Å²) in [7, 11) is 0. The maximum Gasteiger partial charge on any atom is 0.272 e. The van der Waals surface area contributed by atoms with Crippen LogP contribution in [0.25, 0.3) is 10.9 Å². The van der Waals surface area contributed by atoms with Crippen molar-refractivity contribution in [1.82, 2.24) is 15.5 Å². The number of piperidine rings is 1. The highest BCUT2D eigenvalue weighted by molar-refractivity contribution is 6.04. The van der Waals surface area contributed by atoms with Gasteiger partial charge in [-0.15, -0.1) is 0 Å². The lowest BCUT2D eigenvalue weighted by Gasteiger charge is -2.37. The summed E-state index contributed by atoms with van der Waals surface area (Å²) in [4.78, 5) is 14.0. The summed E-state index contributed by atoms with van der Waals surface area (Å²) in [5, 5.41) is 11.0. The Hall–Kier alpha value is -1.88. The lowest BCUT2D eigenvalue weighted by Crippen LogP contribution is -3.20. The van der Waals surface area contributed by atoms with Crippen molar-refractivity contribution >= 4 is 16.8 Å². The fourth-order valence-electron chi connectivity index (χ4n) is 3.30. The van der Waals surface area contributed by atoms with E-state index in [9.17, 15) is 4.79 Å². The number of aromatic nitrogens is 2. The average Bonchev–Trinajstić information content (AvgIpc) is 2.98. The molecule has 1 aliphatic heterocycles. The van der Waals surface area contributed by atoms with Gasteiger partial charge in [-0.25, -0.2) is 0 Å². The Balaban J connectivity index is 1.66. The zero-order chi connectivity index (χ0) is 15.6. The van der Waals surface area contributed by atoms with Gasteiger partial charge in [0, 0.05) is 5.39 Å². The van der Waals surface area contributed by atoms with Crippen molar-refractivity contribution in [2.75, 3.05) is 19.6 Å². The molecule has 2 aromatic rings. The number of H-pyrrole nitrogens is 1. The first-order valence-electron chi connectivity index (χ1n) is 8.14. The number of rotatable bonds is 4. The molecule has 1 aliphatic rings. The van der Waals surface area contributed by atoms with Crippen LogP contribution in [0.4, 0.5) is 0 Å². The molecule has 5 heteroatoms. The van der Waals surface area contributed by atoms with Crippen molar-refractivity contribution in [3.05, 3.63) is 30.0 Å². The zero-order valence-electron chi connectivity index (χ0n) is 13.4. The molecule has 5 nitrogen and oxygen atoms in total. The molecular formula is C17H25N4O+. The molecule has 118 valence electrons. The van der Waals surface area contributed by atoms with Gasteiger partial charge in [-0.1, -0.05) is 18.2 Å². The summed E-state index contributed by atoms with van der Waals surface area (Å²) in [5.74, 6) is -0.0954. The fraction of sp³-hybridized carbons (Fsp3) is 0.529. The number of likely N-dealkylation sites (tertiary alicyclic amines) is 1. The topological polar surface area (TPSA) is 62.2 Å². The Labute approximate surface area is 131 Å². The van der Waals surface area contributed by atoms with Gasteiger partial charge in [-0.05, 0) is 39.2 Å². The van der Waals surface area contributed by atoms with E-state index < -0.39 is 0 Å². The van der Waals surface area contributed by atoms with Gasteiger partial charge in [0.05, 0.1) is 25.2 Å². The molecule has 1 fully saturated rings. The highest BCUT2D eigenvalue weighted by Gasteiger charge is 2.32. The second-order valence-corrected chi connectivity index (χ2v) is 6.85. The van der Waals surface area contributed by atoms with Gasteiger partial charge in [0.2, 0.25) is 0 Å². The smallest absolute Gasteiger partial charge is 0.272 e. The summed E-state index contributed by atoms with van der Waals surface area (Å²) >= 11 is 0. The van der Waals surface area contributed by atoms with Crippen LogP contribution in [0.1, 0.15) is 43.6 Å². The number of nitrogens with one attached hydrogen (secondary N) is 3. The molecule has 1 aromatic carbocycles. The number of hydrogen-bond donors (Lipinski definition) is 3. The van der Waals surface area contributed by atoms with E-state index in [2.05, 4.69) is 29.4 Å². The van der Waals surface area contributed by atoms with E-state index in [1.54, 1.807) is 4.90 Å². The van der Waals surface area contributed by atoms with Crippen LogP contribution in [0.3, 0.4) is 0 Å². The van der Waals surface area contributed by atoms with E-state index in [0.717, 1.165) is 10.9 Å². The normalized spacial score (nSPS) is 16.8. The van der Waals surface area contributed by atoms with Gasteiger partial charge in [-0.3, -0.25) is 9.89 Å². The third kappa shape index (κ3) is 2.99.